The van der Waals surface area contributed by atoms with Crippen LogP contribution in [0.25, 0.3) is 0 Å². The Morgan fingerprint density at radius 3 is 2.92 bits per heavy atom. The van der Waals surface area contributed by atoms with Crippen LogP contribution in [0.4, 0.5) is 5.13 Å². The summed E-state index contributed by atoms with van der Waals surface area (Å²) in [5, 5.41) is 4.41. The number of thiazole rings is 1. The Bertz CT molecular complexity index is 725. The Kier molecular flexibility index (Phi) is 6.31. The Morgan fingerprint density at radius 2 is 2.21 bits per heavy atom. The van der Waals surface area contributed by atoms with Crippen LogP contribution in [-0.2, 0) is 6.42 Å². The van der Waals surface area contributed by atoms with Crippen LogP contribution in [0.3, 0.4) is 0 Å². The number of hydrogen-bond donors (Lipinski definition) is 2. The number of nitrogens with one attached hydrogen (secondary N) is 1. The average Bonchev–Trinajstić information content (AvgIpc) is 2.95. The SMILES string of the molecule is CCc1nc(N)sc1C(=O)N/N=C/c1ccccc1OCC(C)C. The van der Waals surface area contributed by atoms with Gasteiger partial charge in [0.15, 0.2) is 5.13 Å². The number of hydrazone groups is 1. The molecule has 7 heteroatoms. The second kappa shape index (κ2) is 8.44. The third-order valence-electron chi connectivity index (χ3n) is 3.12. The van der Waals surface area contributed by atoms with Gasteiger partial charge in [-0.2, -0.15) is 5.10 Å². The quantitative estimate of drug-likeness (QED) is 0.595. The lowest BCUT2D eigenvalue weighted by atomic mass is 10.2. The highest BCUT2D eigenvalue weighted by atomic mass is 32.1. The lowest BCUT2D eigenvalue weighted by molar-refractivity contribution is 0.0958. The molecule has 1 heterocycles. The number of benzene rings is 1. The molecule has 1 amide bonds. The highest BCUT2D eigenvalue weighted by Gasteiger charge is 2.15. The van der Waals surface area contributed by atoms with Crippen molar-refractivity contribution in [1.29, 1.82) is 0 Å². The molecule has 1 aromatic carbocycles. The molecule has 0 saturated heterocycles. The third kappa shape index (κ3) is 4.79. The van der Waals surface area contributed by atoms with Gasteiger partial charge in [-0.3, -0.25) is 4.79 Å². The second-order valence-corrected chi connectivity index (χ2v) is 6.65. The van der Waals surface area contributed by atoms with Gasteiger partial charge in [0.05, 0.1) is 18.5 Å². The van der Waals surface area contributed by atoms with Crippen molar-refractivity contribution in [2.24, 2.45) is 11.0 Å². The van der Waals surface area contributed by atoms with E-state index in [0.29, 0.717) is 34.6 Å². The number of nitrogen functional groups attached to an aromatic ring is 1. The topological polar surface area (TPSA) is 89.6 Å². The molecule has 24 heavy (non-hydrogen) atoms. The maximum atomic E-state index is 12.2. The van der Waals surface area contributed by atoms with Crippen molar-refractivity contribution in [3.05, 3.63) is 40.4 Å². The third-order valence-corrected chi connectivity index (χ3v) is 4.04. The van der Waals surface area contributed by atoms with E-state index in [4.69, 9.17) is 10.5 Å². The summed E-state index contributed by atoms with van der Waals surface area (Å²) >= 11 is 1.16. The summed E-state index contributed by atoms with van der Waals surface area (Å²) in [7, 11) is 0. The van der Waals surface area contributed by atoms with Crippen molar-refractivity contribution in [1.82, 2.24) is 10.4 Å². The number of para-hydroxylation sites is 1. The second-order valence-electron chi connectivity index (χ2n) is 5.62. The molecular weight excluding hydrogens is 324 g/mol. The minimum atomic E-state index is -0.308. The maximum absolute atomic E-state index is 12.2. The zero-order chi connectivity index (χ0) is 17.5. The first-order valence-electron chi connectivity index (χ1n) is 7.81. The smallest absolute Gasteiger partial charge is 0.283 e. The highest BCUT2D eigenvalue weighted by molar-refractivity contribution is 7.17. The van der Waals surface area contributed by atoms with Crippen molar-refractivity contribution in [2.75, 3.05) is 12.3 Å². The highest BCUT2D eigenvalue weighted by Crippen LogP contribution is 2.21. The number of anilines is 1. The Hall–Kier alpha value is -2.41. The van der Waals surface area contributed by atoms with Gasteiger partial charge in [0.25, 0.3) is 5.91 Å². The molecule has 0 spiro atoms. The van der Waals surface area contributed by atoms with Gasteiger partial charge in [-0.1, -0.05) is 44.2 Å². The van der Waals surface area contributed by atoms with Crippen LogP contribution < -0.4 is 15.9 Å². The molecule has 3 N–H and O–H groups in total. The lowest BCUT2D eigenvalue weighted by Gasteiger charge is -2.10. The minimum Gasteiger partial charge on any atom is -0.493 e. The molecule has 128 valence electrons. The molecule has 0 aliphatic heterocycles. The van der Waals surface area contributed by atoms with Crippen LogP contribution in [0.15, 0.2) is 29.4 Å². The van der Waals surface area contributed by atoms with Gasteiger partial charge in [0, 0.05) is 5.56 Å². The first-order valence-corrected chi connectivity index (χ1v) is 8.63. The van der Waals surface area contributed by atoms with Gasteiger partial charge >= 0.3 is 0 Å². The van der Waals surface area contributed by atoms with Gasteiger partial charge in [0.1, 0.15) is 10.6 Å². The zero-order valence-corrected chi connectivity index (χ0v) is 14.9. The molecule has 0 atom stereocenters. The van der Waals surface area contributed by atoms with Crippen molar-refractivity contribution in [3.63, 3.8) is 0 Å². The summed E-state index contributed by atoms with van der Waals surface area (Å²) in [6, 6.07) is 7.56. The van der Waals surface area contributed by atoms with Crippen molar-refractivity contribution in [2.45, 2.75) is 27.2 Å². The number of amides is 1. The lowest BCUT2D eigenvalue weighted by Crippen LogP contribution is -2.18. The van der Waals surface area contributed by atoms with Crippen molar-refractivity contribution >= 4 is 28.6 Å². The summed E-state index contributed by atoms with van der Waals surface area (Å²) in [5.74, 6) is 0.859. The van der Waals surface area contributed by atoms with Crippen LogP contribution in [-0.4, -0.2) is 23.7 Å². The van der Waals surface area contributed by atoms with E-state index in [9.17, 15) is 4.79 Å². The number of rotatable bonds is 7. The van der Waals surface area contributed by atoms with Crippen molar-refractivity contribution < 1.29 is 9.53 Å². The number of nitrogens with two attached hydrogens (primary N) is 1. The molecule has 0 saturated carbocycles. The molecule has 0 radical (unpaired) electrons. The predicted octanol–water partition coefficient (Wildman–Crippen LogP) is 3.09. The van der Waals surface area contributed by atoms with E-state index in [1.54, 1.807) is 6.21 Å². The number of nitrogens with zero attached hydrogens (tertiary/aromatic N) is 2. The Balaban J connectivity index is 2.05. The van der Waals surface area contributed by atoms with E-state index in [0.717, 1.165) is 22.6 Å². The number of aromatic nitrogens is 1. The molecule has 0 bridgehead atoms. The van der Waals surface area contributed by atoms with Crippen LogP contribution in [0, 0.1) is 5.92 Å². The van der Waals surface area contributed by atoms with Crippen LogP contribution in [0.1, 0.15) is 41.7 Å². The minimum absolute atomic E-state index is 0.308. The molecule has 6 nitrogen and oxygen atoms in total. The van der Waals surface area contributed by atoms with Gasteiger partial charge in [-0.15, -0.1) is 0 Å². The summed E-state index contributed by atoms with van der Waals surface area (Å²) in [6.45, 7) is 6.72. The summed E-state index contributed by atoms with van der Waals surface area (Å²) in [5.41, 5.74) is 9.67. The van der Waals surface area contributed by atoms with E-state index in [1.807, 2.05) is 31.2 Å². The standard InChI is InChI=1S/C17H22N4O2S/c1-4-13-15(24-17(18)20-13)16(22)21-19-9-12-7-5-6-8-14(12)23-10-11(2)3/h5-9,11H,4,10H2,1-3H3,(H2,18,20)(H,21,22)/b19-9+. The van der Waals surface area contributed by atoms with Gasteiger partial charge in [-0.05, 0) is 24.5 Å². The number of aryl methyl sites for hydroxylation is 1. The fraction of sp³-hybridized carbons (Fsp3) is 0.353. The zero-order valence-electron chi connectivity index (χ0n) is 14.1. The molecule has 0 unspecified atom stereocenters. The molecule has 2 aromatic rings. The van der Waals surface area contributed by atoms with E-state index in [2.05, 4.69) is 29.4 Å². The number of ether oxygens (including phenoxy) is 1. The monoisotopic (exact) mass is 346 g/mol. The Labute approximate surface area is 145 Å². The fourth-order valence-corrected chi connectivity index (χ4v) is 2.78. The fourth-order valence-electron chi connectivity index (χ4n) is 1.97. The van der Waals surface area contributed by atoms with Crippen LogP contribution in [0.5, 0.6) is 5.75 Å². The van der Waals surface area contributed by atoms with E-state index in [1.165, 1.54) is 0 Å². The maximum Gasteiger partial charge on any atom is 0.283 e. The average molecular weight is 346 g/mol. The number of hydrogen-bond acceptors (Lipinski definition) is 6. The van der Waals surface area contributed by atoms with Gasteiger partial charge in [0.2, 0.25) is 0 Å². The van der Waals surface area contributed by atoms with Crippen LogP contribution in [0.2, 0.25) is 0 Å². The number of carbonyl (C=O) groups is 1. The number of carbonyl (C=O) groups excluding carboxylic acids is 1. The first kappa shape index (κ1) is 17.9. The summed E-state index contributed by atoms with van der Waals surface area (Å²) < 4.78 is 5.75. The molecule has 0 fully saturated rings. The molecular formula is C17H22N4O2S. The molecule has 1 aromatic heterocycles. The van der Waals surface area contributed by atoms with E-state index in [-0.39, 0.29) is 5.91 Å². The van der Waals surface area contributed by atoms with Crippen LogP contribution >= 0.6 is 11.3 Å². The largest absolute Gasteiger partial charge is 0.493 e. The van der Waals surface area contributed by atoms with Gasteiger partial charge < -0.3 is 10.5 Å². The molecule has 2 rings (SSSR count). The summed E-state index contributed by atoms with van der Waals surface area (Å²) in [4.78, 5) is 16.8. The van der Waals surface area contributed by atoms with E-state index < -0.39 is 0 Å². The summed E-state index contributed by atoms with van der Waals surface area (Å²) in [6.07, 6.45) is 2.22. The Morgan fingerprint density at radius 1 is 1.46 bits per heavy atom. The predicted molar refractivity (Wildman–Crippen MR) is 97.7 cm³/mol. The molecule has 0 aliphatic carbocycles. The van der Waals surface area contributed by atoms with Gasteiger partial charge in [-0.25, -0.2) is 10.4 Å². The molecule has 0 aliphatic rings. The van der Waals surface area contributed by atoms with Crippen molar-refractivity contribution in [3.8, 4) is 5.75 Å². The first-order chi connectivity index (χ1) is 11.5. The van der Waals surface area contributed by atoms with E-state index >= 15 is 0 Å². The normalized spacial score (nSPS) is 11.2.